The van der Waals surface area contributed by atoms with E-state index in [1.165, 1.54) is 16.7 Å². The van der Waals surface area contributed by atoms with Gasteiger partial charge in [0.25, 0.3) is 0 Å². The third-order valence-electron chi connectivity index (χ3n) is 4.35. The van der Waals surface area contributed by atoms with Crippen molar-refractivity contribution in [1.29, 1.82) is 5.26 Å². The fourth-order valence-electron chi connectivity index (χ4n) is 3.02. The molecule has 0 aliphatic rings. The minimum Gasteiger partial charge on any atom is -0.291 e. The number of nitrogens with zero attached hydrogens (tertiary/aromatic N) is 1. The van der Waals surface area contributed by atoms with Crippen molar-refractivity contribution >= 4 is 0 Å². The third kappa shape index (κ3) is 4.79. The van der Waals surface area contributed by atoms with E-state index >= 15 is 0 Å². The van der Waals surface area contributed by atoms with Crippen LogP contribution in [-0.2, 0) is 6.42 Å². The molecule has 0 aliphatic heterocycles. The molecule has 25 heavy (non-hydrogen) atoms. The lowest BCUT2D eigenvalue weighted by molar-refractivity contribution is 0.515. The van der Waals surface area contributed by atoms with Crippen LogP contribution in [0.15, 0.2) is 91.0 Å². The van der Waals surface area contributed by atoms with Crippen LogP contribution in [0.4, 0.5) is 0 Å². The fourth-order valence-corrected chi connectivity index (χ4v) is 3.02. The van der Waals surface area contributed by atoms with E-state index < -0.39 is 0 Å². The van der Waals surface area contributed by atoms with Crippen molar-refractivity contribution in [2.45, 2.75) is 24.9 Å². The molecule has 0 fully saturated rings. The molecule has 0 heterocycles. The second-order valence-electron chi connectivity index (χ2n) is 6.13. The lowest BCUT2D eigenvalue weighted by Crippen LogP contribution is -2.33. The highest BCUT2D eigenvalue weighted by Crippen LogP contribution is 2.23. The summed E-state index contributed by atoms with van der Waals surface area (Å²) in [5.74, 6) is 0. The van der Waals surface area contributed by atoms with E-state index in [1.54, 1.807) is 0 Å². The van der Waals surface area contributed by atoms with Gasteiger partial charge >= 0.3 is 0 Å². The maximum Gasteiger partial charge on any atom is 0.0963 e. The van der Waals surface area contributed by atoms with E-state index in [9.17, 15) is 5.26 Å². The van der Waals surface area contributed by atoms with E-state index in [2.05, 4.69) is 47.8 Å². The Bertz CT molecular complexity index is 752. The van der Waals surface area contributed by atoms with Gasteiger partial charge in [0.1, 0.15) is 0 Å². The Morgan fingerprint density at radius 2 is 1.20 bits per heavy atom. The van der Waals surface area contributed by atoms with Crippen LogP contribution in [0.5, 0.6) is 0 Å². The molecule has 0 aromatic heterocycles. The van der Waals surface area contributed by atoms with Crippen LogP contribution >= 0.6 is 0 Å². The standard InChI is InChI=1S/C23H22N2/c24-18-22(17-16-19-10-4-1-5-11-19)25-23(20-12-6-2-7-13-20)21-14-8-3-9-15-21/h1-15,22-23,25H,16-17H2/t22-/m0/s1. The number of benzene rings is 3. The van der Waals surface area contributed by atoms with Crippen molar-refractivity contribution in [3.63, 3.8) is 0 Å². The molecule has 3 aromatic rings. The van der Waals surface area contributed by atoms with Crippen LogP contribution in [0.2, 0.25) is 0 Å². The summed E-state index contributed by atoms with van der Waals surface area (Å²) in [7, 11) is 0. The van der Waals surface area contributed by atoms with Crippen molar-refractivity contribution in [2.24, 2.45) is 0 Å². The largest absolute Gasteiger partial charge is 0.291 e. The molecular formula is C23H22N2. The smallest absolute Gasteiger partial charge is 0.0963 e. The van der Waals surface area contributed by atoms with Gasteiger partial charge in [0.2, 0.25) is 0 Å². The van der Waals surface area contributed by atoms with Gasteiger partial charge in [-0.2, -0.15) is 5.26 Å². The Labute approximate surface area is 149 Å². The molecule has 3 aromatic carbocycles. The molecule has 0 amide bonds. The van der Waals surface area contributed by atoms with Gasteiger partial charge in [0, 0.05) is 0 Å². The first-order chi connectivity index (χ1) is 12.4. The molecule has 0 saturated heterocycles. The fraction of sp³-hybridized carbons (Fsp3) is 0.174. The molecule has 0 spiro atoms. The number of nitrogens with one attached hydrogen (secondary N) is 1. The van der Waals surface area contributed by atoms with Gasteiger partial charge in [-0.15, -0.1) is 0 Å². The molecule has 0 saturated carbocycles. The summed E-state index contributed by atoms with van der Waals surface area (Å²) in [5.41, 5.74) is 3.61. The highest BCUT2D eigenvalue weighted by Gasteiger charge is 2.18. The molecule has 1 atom stereocenters. The topological polar surface area (TPSA) is 35.8 Å². The first-order valence-electron chi connectivity index (χ1n) is 8.66. The minimum atomic E-state index is -0.203. The number of hydrogen-bond acceptors (Lipinski definition) is 2. The summed E-state index contributed by atoms with van der Waals surface area (Å²) in [5, 5.41) is 13.2. The lowest BCUT2D eigenvalue weighted by Gasteiger charge is -2.23. The van der Waals surface area contributed by atoms with E-state index in [0.29, 0.717) is 0 Å². The van der Waals surface area contributed by atoms with Gasteiger partial charge in [-0.1, -0.05) is 91.0 Å². The normalized spacial score (nSPS) is 11.8. The Morgan fingerprint density at radius 3 is 1.68 bits per heavy atom. The summed E-state index contributed by atoms with van der Waals surface area (Å²) < 4.78 is 0. The predicted molar refractivity (Wildman–Crippen MR) is 102 cm³/mol. The van der Waals surface area contributed by atoms with Crippen LogP contribution in [0, 0.1) is 11.3 Å². The molecule has 124 valence electrons. The molecule has 0 bridgehead atoms. The van der Waals surface area contributed by atoms with Crippen LogP contribution in [-0.4, -0.2) is 6.04 Å². The zero-order valence-electron chi connectivity index (χ0n) is 14.2. The Morgan fingerprint density at radius 1 is 0.720 bits per heavy atom. The SMILES string of the molecule is N#C[C@H](CCc1ccccc1)NC(c1ccccc1)c1ccccc1. The van der Waals surface area contributed by atoms with E-state index in [0.717, 1.165) is 12.8 Å². The molecular weight excluding hydrogens is 304 g/mol. The van der Waals surface area contributed by atoms with Gasteiger partial charge in [0.05, 0.1) is 18.2 Å². The second kappa shape index (κ2) is 8.82. The minimum absolute atomic E-state index is 0.0165. The zero-order chi connectivity index (χ0) is 17.3. The maximum absolute atomic E-state index is 9.63. The average Bonchev–Trinajstić information content (AvgIpc) is 2.70. The van der Waals surface area contributed by atoms with Gasteiger partial charge < -0.3 is 0 Å². The van der Waals surface area contributed by atoms with Gasteiger partial charge in [-0.3, -0.25) is 5.32 Å². The van der Waals surface area contributed by atoms with Crippen molar-refractivity contribution in [1.82, 2.24) is 5.32 Å². The van der Waals surface area contributed by atoms with Crippen LogP contribution in [0.25, 0.3) is 0 Å². The van der Waals surface area contributed by atoms with Gasteiger partial charge in [-0.25, -0.2) is 0 Å². The first kappa shape index (κ1) is 17.0. The Kier molecular flexibility index (Phi) is 5.98. The molecule has 0 unspecified atom stereocenters. The Balaban J connectivity index is 1.75. The van der Waals surface area contributed by atoms with Crippen molar-refractivity contribution in [3.05, 3.63) is 108 Å². The zero-order valence-corrected chi connectivity index (χ0v) is 14.2. The number of nitriles is 1. The van der Waals surface area contributed by atoms with E-state index in [1.807, 2.05) is 54.6 Å². The van der Waals surface area contributed by atoms with E-state index in [-0.39, 0.29) is 12.1 Å². The molecule has 3 rings (SSSR count). The predicted octanol–water partition coefficient (Wildman–Crippen LogP) is 4.89. The van der Waals surface area contributed by atoms with Crippen LogP contribution in [0.3, 0.4) is 0 Å². The van der Waals surface area contributed by atoms with Crippen LogP contribution in [0.1, 0.15) is 29.2 Å². The number of aryl methyl sites for hydroxylation is 1. The number of hydrogen-bond donors (Lipinski definition) is 1. The quantitative estimate of drug-likeness (QED) is 0.671. The van der Waals surface area contributed by atoms with Crippen molar-refractivity contribution in [3.8, 4) is 6.07 Å². The Hall–Kier alpha value is -2.89. The summed E-state index contributed by atoms with van der Waals surface area (Å²) in [6.45, 7) is 0. The van der Waals surface area contributed by atoms with Gasteiger partial charge in [0.15, 0.2) is 0 Å². The highest BCUT2D eigenvalue weighted by atomic mass is 14.9. The third-order valence-corrected chi connectivity index (χ3v) is 4.35. The summed E-state index contributed by atoms with van der Waals surface area (Å²) >= 11 is 0. The first-order valence-corrected chi connectivity index (χ1v) is 8.66. The van der Waals surface area contributed by atoms with E-state index in [4.69, 9.17) is 0 Å². The van der Waals surface area contributed by atoms with Crippen LogP contribution < -0.4 is 5.32 Å². The van der Waals surface area contributed by atoms with Crippen molar-refractivity contribution < 1.29 is 0 Å². The highest BCUT2D eigenvalue weighted by molar-refractivity contribution is 5.32. The molecule has 2 nitrogen and oxygen atoms in total. The summed E-state index contributed by atoms with van der Waals surface area (Å²) in [6.07, 6.45) is 1.68. The summed E-state index contributed by atoms with van der Waals surface area (Å²) in [6, 6.07) is 33.2. The second-order valence-corrected chi connectivity index (χ2v) is 6.13. The molecule has 2 heteroatoms. The molecule has 0 radical (unpaired) electrons. The van der Waals surface area contributed by atoms with Crippen molar-refractivity contribution in [2.75, 3.05) is 0 Å². The average molecular weight is 326 g/mol. The monoisotopic (exact) mass is 326 g/mol. The molecule has 1 N–H and O–H groups in total. The summed E-state index contributed by atoms with van der Waals surface area (Å²) in [4.78, 5) is 0. The maximum atomic E-state index is 9.63. The molecule has 0 aliphatic carbocycles. The number of rotatable bonds is 7. The van der Waals surface area contributed by atoms with Gasteiger partial charge in [-0.05, 0) is 29.5 Å². The lowest BCUT2D eigenvalue weighted by atomic mass is 9.97.